The molecule has 0 saturated carbocycles. The topological polar surface area (TPSA) is 46.4 Å². The third-order valence-electron chi connectivity index (χ3n) is 3.56. The van der Waals surface area contributed by atoms with Gasteiger partial charge in [-0.3, -0.25) is 9.20 Å². The quantitative estimate of drug-likeness (QED) is 0.691. The third kappa shape index (κ3) is 2.99. The molecule has 118 valence electrons. The molecular formula is C17H15BrClN3O. The van der Waals surface area contributed by atoms with Crippen molar-refractivity contribution >= 4 is 44.8 Å². The Balaban J connectivity index is 2.11. The predicted molar refractivity (Wildman–Crippen MR) is 96.4 cm³/mol. The van der Waals surface area contributed by atoms with Gasteiger partial charge in [0.2, 0.25) is 0 Å². The van der Waals surface area contributed by atoms with E-state index in [1.165, 1.54) is 0 Å². The van der Waals surface area contributed by atoms with Gasteiger partial charge in [-0.2, -0.15) is 0 Å². The minimum absolute atomic E-state index is 0.222. The maximum absolute atomic E-state index is 12.8. The molecule has 0 spiro atoms. The third-order valence-corrected chi connectivity index (χ3v) is 4.47. The number of anilines is 1. The molecule has 2 heterocycles. The molecule has 0 saturated heterocycles. The molecule has 3 rings (SSSR count). The molecule has 23 heavy (non-hydrogen) atoms. The van der Waals surface area contributed by atoms with Crippen molar-refractivity contribution in [2.75, 3.05) is 5.32 Å². The Morgan fingerprint density at radius 2 is 2.13 bits per heavy atom. The molecule has 1 N–H and O–H groups in total. The zero-order valence-corrected chi connectivity index (χ0v) is 15.1. The normalized spacial score (nSPS) is 11.0. The summed E-state index contributed by atoms with van der Waals surface area (Å²) in [5, 5.41) is 3.38. The zero-order valence-electron chi connectivity index (χ0n) is 12.7. The van der Waals surface area contributed by atoms with E-state index in [1.54, 1.807) is 12.1 Å². The van der Waals surface area contributed by atoms with Gasteiger partial charge in [0.05, 0.1) is 20.9 Å². The molecule has 0 aliphatic carbocycles. The van der Waals surface area contributed by atoms with Crippen molar-refractivity contribution in [3.05, 3.63) is 63.0 Å². The van der Waals surface area contributed by atoms with Crippen LogP contribution in [0.25, 0.3) is 5.65 Å². The molecular weight excluding hydrogens is 378 g/mol. The van der Waals surface area contributed by atoms with E-state index in [9.17, 15) is 4.79 Å². The lowest BCUT2D eigenvalue weighted by Crippen LogP contribution is -2.16. The second kappa shape index (κ2) is 6.34. The fourth-order valence-corrected chi connectivity index (χ4v) is 3.33. The highest BCUT2D eigenvalue weighted by molar-refractivity contribution is 9.10. The first-order valence-corrected chi connectivity index (χ1v) is 8.41. The summed E-state index contributed by atoms with van der Waals surface area (Å²) in [7, 11) is 0. The highest BCUT2D eigenvalue weighted by Gasteiger charge is 2.20. The number of nitrogens with one attached hydrogen (secondary N) is 1. The average molecular weight is 393 g/mol. The van der Waals surface area contributed by atoms with Gasteiger partial charge >= 0.3 is 0 Å². The van der Waals surface area contributed by atoms with Crippen molar-refractivity contribution in [2.24, 2.45) is 0 Å². The highest BCUT2D eigenvalue weighted by atomic mass is 79.9. The van der Waals surface area contributed by atoms with Crippen LogP contribution in [0.2, 0.25) is 5.02 Å². The number of carbonyl (C=O) groups excluding carboxylic acids is 1. The Morgan fingerprint density at radius 1 is 1.39 bits per heavy atom. The largest absolute Gasteiger partial charge is 0.319 e. The summed E-state index contributed by atoms with van der Waals surface area (Å²) in [4.78, 5) is 17.4. The van der Waals surface area contributed by atoms with Crippen molar-refractivity contribution in [2.45, 2.75) is 20.3 Å². The Hall–Kier alpha value is -1.85. The summed E-state index contributed by atoms with van der Waals surface area (Å²) in [5.41, 5.74) is 3.64. The van der Waals surface area contributed by atoms with Crippen LogP contribution in [-0.2, 0) is 6.42 Å². The number of halogens is 2. The SMILES string of the molecule is CCc1nc2c(Br)cc(C)cn2c1C(=O)Nc1ccccc1Cl. The summed E-state index contributed by atoms with van der Waals surface area (Å²) in [6.45, 7) is 3.96. The fourth-order valence-electron chi connectivity index (χ4n) is 2.51. The second-order valence-corrected chi connectivity index (χ2v) is 6.52. The van der Waals surface area contributed by atoms with E-state index in [4.69, 9.17) is 11.6 Å². The van der Waals surface area contributed by atoms with Crippen LogP contribution >= 0.6 is 27.5 Å². The lowest BCUT2D eigenvalue weighted by Gasteiger charge is -2.08. The van der Waals surface area contributed by atoms with Gasteiger partial charge in [0.15, 0.2) is 5.65 Å². The number of para-hydroxylation sites is 1. The summed E-state index contributed by atoms with van der Waals surface area (Å²) in [6.07, 6.45) is 2.58. The van der Waals surface area contributed by atoms with E-state index < -0.39 is 0 Å². The Kier molecular flexibility index (Phi) is 4.41. The zero-order chi connectivity index (χ0) is 16.6. The minimum Gasteiger partial charge on any atom is -0.319 e. The number of nitrogens with zero attached hydrogens (tertiary/aromatic N) is 2. The summed E-state index contributed by atoms with van der Waals surface area (Å²) in [5.74, 6) is -0.222. The van der Waals surface area contributed by atoms with Crippen LogP contribution < -0.4 is 5.32 Å². The molecule has 2 aromatic heterocycles. The number of aromatic nitrogens is 2. The number of imidazole rings is 1. The Bertz CT molecular complexity index is 904. The van der Waals surface area contributed by atoms with E-state index in [1.807, 2.05) is 42.6 Å². The summed E-state index contributed by atoms with van der Waals surface area (Å²) < 4.78 is 2.69. The number of carbonyl (C=O) groups is 1. The molecule has 0 radical (unpaired) electrons. The monoisotopic (exact) mass is 391 g/mol. The van der Waals surface area contributed by atoms with Crippen molar-refractivity contribution in [3.8, 4) is 0 Å². The molecule has 0 aliphatic rings. The molecule has 6 heteroatoms. The summed E-state index contributed by atoms with van der Waals surface area (Å²) in [6, 6.07) is 9.16. The van der Waals surface area contributed by atoms with Gasteiger partial charge in [-0.1, -0.05) is 30.7 Å². The number of benzene rings is 1. The lowest BCUT2D eigenvalue weighted by molar-refractivity contribution is 0.102. The maximum atomic E-state index is 12.8. The first-order valence-electron chi connectivity index (χ1n) is 7.24. The number of fused-ring (bicyclic) bond motifs is 1. The molecule has 1 amide bonds. The first kappa shape index (κ1) is 16.0. The molecule has 0 unspecified atom stereocenters. The van der Waals surface area contributed by atoms with Crippen molar-refractivity contribution in [3.63, 3.8) is 0 Å². The second-order valence-electron chi connectivity index (χ2n) is 5.25. The number of aryl methyl sites for hydroxylation is 2. The first-order chi connectivity index (χ1) is 11.0. The standard InChI is InChI=1S/C17H15BrClN3O/c1-3-13-15(17(23)21-14-7-5-4-6-12(14)19)22-9-10(2)8-11(18)16(22)20-13/h4-9H,3H2,1-2H3,(H,21,23). The van der Waals surface area contributed by atoms with Crippen LogP contribution in [0.1, 0.15) is 28.7 Å². The van der Waals surface area contributed by atoms with Gasteiger partial charge < -0.3 is 5.32 Å². The molecule has 0 fully saturated rings. The van der Waals surface area contributed by atoms with Crippen molar-refractivity contribution in [1.29, 1.82) is 0 Å². The molecule has 1 aromatic carbocycles. The highest BCUT2D eigenvalue weighted by Crippen LogP contribution is 2.25. The van der Waals surface area contributed by atoms with Crippen molar-refractivity contribution in [1.82, 2.24) is 9.38 Å². The molecule has 4 nitrogen and oxygen atoms in total. The number of pyridine rings is 1. The van der Waals surface area contributed by atoms with Gasteiger partial charge in [0, 0.05) is 6.20 Å². The van der Waals surface area contributed by atoms with Gasteiger partial charge in [0.1, 0.15) is 5.69 Å². The fraction of sp³-hybridized carbons (Fsp3) is 0.176. The van der Waals surface area contributed by atoms with Crippen LogP contribution in [0.5, 0.6) is 0 Å². The molecule has 0 aliphatic heterocycles. The maximum Gasteiger partial charge on any atom is 0.274 e. The van der Waals surface area contributed by atoms with Crippen LogP contribution in [0.3, 0.4) is 0 Å². The van der Waals surface area contributed by atoms with E-state index in [-0.39, 0.29) is 5.91 Å². The Morgan fingerprint density at radius 3 is 2.83 bits per heavy atom. The van der Waals surface area contributed by atoms with Crippen LogP contribution in [0.15, 0.2) is 41.0 Å². The van der Waals surface area contributed by atoms with E-state index in [0.29, 0.717) is 22.8 Å². The number of hydrogen-bond acceptors (Lipinski definition) is 2. The molecule has 0 bridgehead atoms. The number of rotatable bonds is 3. The smallest absolute Gasteiger partial charge is 0.274 e. The van der Waals surface area contributed by atoms with Crippen LogP contribution in [-0.4, -0.2) is 15.3 Å². The van der Waals surface area contributed by atoms with Gasteiger partial charge in [-0.15, -0.1) is 0 Å². The van der Waals surface area contributed by atoms with Gasteiger partial charge in [-0.05, 0) is 53.0 Å². The lowest BCUT2D eigenvalue weighted by atomic mass is 10.2. The van der Waals surface area contributed by atoms with Gasteiger partial charge in [0.25, 0.3) is 5.91 Å². The van der Waals surface area contributed by atoms with Crippen molar-refractivity contribution < 1.29 is 4.79 Å². The van der Waals surface area contributed by atoms with E-state index in [0.717, 1.165) is 21.4 Å². The van der Waals surface area contributed by atoms with E-state index in [2.05, 4.69) is 26.2 Å². The van der Waals surface area contributed by atoms with Crippen LogP contribution in [0.4, 0.5) is 5.69 Å². The molecule has 3 aromatic rings. The summed E-state index contributed by atoms with van der Waals surface area (Å²) >= 11 is 9.64. The molecule has 0 atom stereocenters. The number of hydrogen-bond donors (Lipinski definition) is 1. The van der Waals surface area contributed by atoms with E-state index >= 15 is 0 Å². The van der Waals surface area contributed by atoms with Gasteiger partial charge in [-0.25, -0.2) is 4.98 Å². The Labute approximate surface area is 147 Å². The van der Waals surface area contributed by atoms with Crippen LogP contribution in [0, 0.1) is 6.92 Å². The predicted octanol–water partition coefficient (Wildman–Crippen LogP) is 4.87. The number of amides is 1. The average Bonchev–Trinajstić information content (AvgIpc) is 2.88. The minimum atomic E-state index is -0.222.